The Morgan fingerprint density at radius 3 is 2.62 bits per heavy atom. The van der Waals surface area contributed by atoms with Gasteiger partial charge < -0.3 is 5.11 Å². The molecule has 0 atom stereocenters. The molecule has 0 amide bonds. The number of halogens is 1. The molecule has 13 heavy (non-hydrogen) atoms. The molecule has 0 aliphatic carbocycles. The summed E-state index contributed by atoms with van der Waals surface area (Å²) in [5.74, 6) is 0.352. The van der Waals surface area contributed by atoms with Crippen LogP contribution in [0.2, 0.25) is 0 Å². The van der Waals surface area contributed by atoms with Gasteiger partial charge in [0.25, 0.3) is 0 Å². The molecule has 2 aromatic rings. The van der Waals surface area contributed by atoms with E-state index in [0.29, 0.717) is 5.75 Å². The first-order valence-corrected chi connectivity index (χ1v) is 4.85. The summed E-state index contributed by atoms with van der Waals surface area (Å²) in [6, 6.07) is 9.80. The molecule has 0 heterocycles. The van der Waals surface area contributed by atoms with Crippen LogP contribution in [0.15, 0.2) is 34.8 Å². The number of aryl methyl sites for hydroxylation is 1. The molecule has 2 aromatic carbocycles. The standard InChI is InChI=1S/C11H9BrO/c1-7-4-8-2-3-10(12)5-9(8)6-11(7)13/h2-6,13H,1H3. The molecule has 1 nitrogen and oxygen atoms in total. The second-order valence-corrected chi connectivity index (χ2v) is 4.05. The monoisotopic (exact) mass is 236 g/mol. The Kier molecular flexibility index (Phi) is 2.00. The molecule has 2 rings (SSSR count). The fourth-order valence-corrected chi connectivity index (χ4v) is 1.75. The minimum absolute atomic E-state index is 0.352. The van der Waals surface area contributed by atoms with Crippen LogP contribution in [0.5, 0.6) is 5.75 Å². The first kappa shape index (κ1) is 8.57. The van der Waals surface area contributed by atoms with E-state index in [2.05, 4.69) is 15.9 Å². The summed E-state index contributed by atoms with van der Waals surface area (Å²) >= 11 is 3.39. The van der Waals surface area contributed by atoms with Gasteiger partial charge in [0, 0.05) is 4.47 Å². The normalized spacial score (nSPS) is 10.6. The van der Waals surface area contributed by atoms with Crippen molar-refractivity contribution in [1.29, 1.82) is 0 Å². The number of rotatable bonds is 0. The van der Waals surface area contributed by atoms with Gasteiger partial charge in [0.15, 0.2) is 0 Å². The van der Waals surface area contributed by atoms with Crippen LogP contribution < -0.4 is 0 Å². The van der Waals surface area contributed by atoms with E-state index in [-0.39, 0.29) is 0 Å². The van der Waals surface area contributed by atoms with Gasteiger partial charge in [0.2, 0.25) is 0 Å². The summed E-state index contributed by atoms with van der Waals surface area (Å²) in [4.78, 5) is 0. The molecule has 0 aromatic heterocycles. The Hall–Kier alpha value is -1.02. The average molecular weight is 237 g/mol. The Balaban J connectivity index is 2.81. The minimum atomic E-state index is 0.352. The summed E-state index contributed by atoms with van der Waals surface area (Å²) in [6.45, 7) is 1.90. The Morgan fingerprint density at radius 1 is 1.08 bits per heavy atom. The lowest BCUT2D eigenvalue weighted by atomic mass is 10.1. The molecule has 66 valence electrons. The summed E-state index contributed by atoms with van der Waals surface area (Å²) in [6.07, 6.45) is 0. The van der Waals surface area contributed by atoms with Crippen molar-refractivity contribution in [2.24, 2.45) is 0 Å². The number of aromatic hydroxyl groups is 1. The van der Waals surface area contributed by atoms with Crippen LogP contribution in [-0.2, 0) is 0 Å². The van der Waals surface area contributed by atoms with Crippen molar-refractivity contribution in [3.05, 3.63) is 40.4 Å². The molecule has 0 aliphatic heterocycles. The number of phenols is 1. The molecule has 0 aliphatic rings. The van der Waals surface area contributed by atoms with Gasteiger partial charge in [-0.05, 0) is 47.5 Å². The van der Waals surface area contributed by atoms with Gasteiger partial charge in [-0.3, -0.25) is 0 Å². The molecule has 2 heteroatoms. The highest BCUT2D eigenvalue weighted by Crippen LogP contribution is 2.26. The van der Waals surface area contributed by atoms with Crippen molar-refractivity contribution in [3.8, 4) is 5.75 Å². The van der Waals surface area contributed by atoms with Gasteiger partial charge in [0.1, 0.15) is 5.75 Å². The number of fused-ring (bicyclic) bond motifs is 1. The number of benzene rings is 2. The highest BCUT2D eigenvalue weighted by atomic mass is 79.9. The fourth-order valence-electron chi connectivity index (χ4n) is 1.37. The van der Waals surface area contributed by atoms with E-state index in [1.165, 1.54) is 0 Å². The zero-order valence-corrected chi connectivity index (χ0v) is 8.80. The Bertz CT molecular complexity index is 463. The lowest BCUT2D eigenvalue weighted by molar-refractivity contribution is 0.472. The van der Waals surface area contributed by atoms with Gasteiger partial charge in [-0.25, -0.2) is 0 Å². The van der Waals surface area contributed by atoms with Crippen molar-refractivity contribution >= 4 is 26.7 Å². The third kappa shape index (κ3) is 1.54. The van der Waals surface area contributed by atoms with Crippen LogP contribution in [0.25, 0.3) is 10.8 Å². The van der Waals surface area contributed by atoms with Gasteiger partial charge in [-0.1, -0.05) is 22.0 Å². The Labute approximate surface area is 85.1 Å². The van der Waals surface area contributed by atoms with E-state index < -0.39 is 0 Å². The van der Waals surface area contributed by atoms with E-state index in [4.69, 9.17) is 0 Å². The maximum Gasteiger partial charge on any atom is 0.119 e. The number of phenolic OH excluding ortho intramolecular Hbond substituents is 1. The topological polar surface area (TPSA) is 20.2 Å². The van der Waals surface area contributed by atoms with E-state index in [1.807, 2.05) is 31.2 Å². The maximum absolute atomic E-state index is 9.49. The molecule has 0 radical (unpaired) electrons. The SMILES string of the molecule is Cc1cc2ccc(Br)cc2cc1O. The second kappa shape index (κ2) is 3.04. The summed E-state index contributed by atoms with van der Waals surface area (Å²) in [5, 5.41) is 11.7. The zero-order valence-electron chi connectivity index (χ0n) is 7.21. The molecular formula is C11H9BrO. The molecule has 0 saturated heterocycles. The molecule has 1 N–H and O–H groups in total. The smallest absolute Gasteiger partial charge is 0.119 e. The van der Waals surface area contributed by atoms with E-state index in [0.717, 1.165) is 20.8 Å². The Morgan fingerprint density at radius 2 is 1.85 bits per heavy atom. The van der Waals surface area contributed by atoms with Gasteiger partial charge in [0.05, 0.1) is 0 Å². The van der Waals surface area contributed by atoms with Crippen LogP contribution in [0.3, 0.4) is 0 Å². The van der Waals surface area contributed by atoms with Gasteiger partial charge >= 0.3 is 0 Å². The van der Waals surface area contributed by atoms with Gasteiger partial charge in [-0.2, -0.15) is 0 Å². The quantitative estimate of drug-likeness (QED) is 0.741. The summed E-state index contributed by atoms with van der Waals surface area (Å²) in [7, 11) is 0. The third-order valence-electron chi connectivity index (χ3n) is 2.12. The average Bonchev–Trinajstić information content (AvgIpc) is 2.08. The minimum Gasteiger partial charge on any atom is -0.508 e. The zero-order chi connectivity index (χ0) is 9.42. The molecular weight excluding hydrogens is 228 g/mol. The van der Waals surface area contributed by atoms with E-state index >= 15 is 0 Å². The molecule has 0 saturated carbocycles. The molecule has 0 unspecified atom stereocenters. The van der Waals surface area contributed by atoms with E-state index in [9.17, 15) is 5.11 Å². The number of hydrogen-bond acceptors (Lipinski definition) is 1. The lowest BCUT2D eigenvalue weighted by Gasteiger charge is -2.02. The number of hydrogen-bond donors (Lipinski definition) is 1. The van der Waals surface area contributed by atoms with Crippen LogP contribution >= 0.6 is 15.9 Å². The van der Waals surface area contributed by atoms with Crippen molar-refractivity contribution < 1.29 is 5.11 Å². The highest BCUT2D eigenvalue weighted by molar-refractivity contribution is 9.10. The van der Waals surface area contributed by atoms with Crippen LogP contribution in [0.4, 0.5) is 0 Å². The fraction of sp³-hybridized carbons (Fsp3) is 0.0909. The van der Waals surface area contributed by atoms with E-state index in [1.54, 1.807) is 6.07 Å². The predicted octanol–water partition coefficient (Wildman–Crippen LogP) is 3.62. The van der Waals surface area contributed by atoms with Crippen molar-refractivity contribution in [2.75, 3.05) is 0 Å². The highest BCUT2D eigenvalue weighted by Gasteiger charge is 1.99. The molecule has 0 spiro atoms. The third-order valence-corrected chi connectivity index (χ3v) is 2.61. The van der Waals surface area contributed by atoms with Crippen molar-refractivity contribution in [1.82, 2.24) is 0 Å². The van der Waals surface area contributed by atoms with Crippen LogP contribution in [0, 0.1) is 6.92 Å². The summed E-state index contributed by atoms with van der Waals surface area (Å²) in [5.41, 5.74) is 0.912. The first-order valence-electron chi connectivity index (χ1n) is 4.06. The second-order valence-electron chi connectivity index (χ2n) is 3.13. The lowest BCUT2D eigenvalue weighted by Crippen LogP contribution is -1.77. The first-order chi connectivity index (χ1) is 6.16. The van der Waals surface area contributed by atoms with Crippen LogP contribution in [-0.4, -0.2) is 5.11 Å². The van der Waals surface area contributed by atoms with Crippen LogP contribution in [0.1, 0.15) is 5.56 Å². The van der Waals surface area contributed by atoms with Crippen molar-refractivity contribution in [3.63, 3.8) is 0 Å². The molecule has 0 fully saturated rings. The van der Waals surface area contributed by atoms with Gasteiger partial charge in [-0.15, -0.1) is 0 Å². The maximum atomic E-state index is 9.49. The largest absolute Gasteiger partial charge is 0.508 e. The predicted molar refractivity (Wildman–Crippen MR) is 58.0 cm³/mol. The summed E-state index contributed by atoms with van der Waals surface area (Å²) < 4.78 is 1.03. The molecule has 0 bridgehead atoms. The van der Waals surface area contributed by atoms with Crippen molar-refractivity contribution in [2.45, 2.75) is 6.92 Å².